The number of hydrogen-bond acceptors (Lipinski definition) is 3. The molecule has 5 nitrogen and oxygen atoms in total. The molecule has 0 spiro atoms. The van der Waals surface area contributed by atoms with E-state index < -0.39 is 4.92 Å². The Morgan fingerprint density at radius 1 is 0.735 bits per heavy atom. The molecule has 2 heterocycles. The van der Waals surface area contributed by atoms with Gasteiger partial charge in [0.25, 0.3) is 5.69 Å². The number of fused-ring (bicyclic) bond motifs is 2. The van der Waals surface area contributed by atoms with Gasteiger partial charge in [-0.3, -0.25) is 15.1 Å². The fraction of sp³-hybridized carbons (Fsp3) is 0. The van der Waals surface area contributed by atoms with E-state index in [0.717, 1.165) is 27.7 Å². The minimum Gasteiger partial charge on any atom is -0.317 e. The van der Waals surface area contributed by atoms with Gasteiger partial charge in [-0.2, -0.15) is 0 Å². The Hall–Kier alpha value is -4.77. The Kier molecular flexibility index (Phi) is 4.66. The fourth-order valence-corrected chi connectivity index (χ4v) is 4.58. The summed E-state index contributed by atoms with van der Waals surface area (Å²) in [4.78, 5) is 15.0. The van der Waals surface area contributed by atoms with E-state index >= 15 is 0 Å². The lowest BCUT2D eigenvalue weighted by molar-refractivity contribution is -0.384. The molecule has 162 valence electrons. The normalized spacial score (nSPS) is 11.2. The highest BCUT2D eigenvalue weighted by molar-refractivity contribution is 5.96. The van der Waals surface area contributed by atoms with Crippen LogP contribution in [0.15, 0.2) is 116 Å². The van der Waals surface area contributed by atoms with Crippen molar-refractivity contribution in [2.24, 2.45) is 0 Å². The maximum atomic E-state index is 11.5. The van der Waals surface area contributed by atoms with Crippen molar-refractivity contribution in [3.63, 3.8) is 0 Å². The lowest BCUT2D eigenvalue weighted by Crippen LogP contribution is -1.94. The van der Waals surface area contributed by atoms with Crippen LogP contribution in [0.2, 0.25) is 0 Å². The summed E-state index contributed by atoms with van der Waals surface area (Å²) in [6, 6.07) is 32.9. The van der Waals surface area contributed by atoms with E-state index in [0.29, 0.717) is 5.56 Å². The highest BCUT2D eigenvalue weighted by Gasteiger charge is 2.16. The zero-order valence-electron chi connectivity index (χ0n) is 18.1. The molecule has 2 aromatic heterocycles. The minimum absolute atomic E-state index is 0.000559. The molecule has 0 N–H and O–H groups in total. The number of pyridine rings is 1. The number of rotatable bonds is 4. The van der Waals surface area contributed by atoms with Crippen LogP contribution in [0.1, 0.15) is 0 Å². The van der Waals surface area contributed by atoms with Crippen molar-refractivity contribution < 1.29 is 4.92 Å². The van der Waals surface area contributed by atoms with Crippen molar-refractivity contribution in [2.45, 2.75) is 0 Å². The second kappa shape index (κ2) is 7.98. The predicted molar refractivity (Wildman–Crippen MR) is 136 cm³/mol. The van der Waals surface area contributed by atoms with Crippen molar-refractivity contribution in [2.75, 3.05) is 0 Å². The van der Waals surface area contributed by atoms with E-state index in [1.165, 1.54) is 22.5 Å². The summed E-state index contributed by atoms with van der Waals surface area (Å²) >= 11 is 0. The number of nitrogens with zero attached hydrogens (tertiary/aromatic N) is 3. The molecular weight excluding hydrogens is 422 g/mol. The first kappa shape index (κ1) is 19.9. The minimum atomic E-state index is -0.391. The molecule has 0 saturated heterocycles. The fourth-order valence-electron chi connectivity index (χ4n) is 4.58. The lowest BCUT2D eigenvalue weighted by atomic mass is 9.98. The Bertz CT molecular complexity index is 1680. The van der Waals surface area contributed by atoms with Gasteiger partial charge in [0, 0.05) is 18.1 Å². The van der Waals surface area contributed by atoms with E-state index in [1.807, 2.05) is 24.4 Å². The van der Waals surface area contributed by atoms with Crippen molar-refractivity contribution in [1.29, 1.82) is 0 Å². The monoisotopic (exact) mass is 441 g/mol. The molecule has 6 aromatic rings. The molecule has 0 unspecified atom stereocenters. The molecule has 0 amide bonds. The highest BCUT2D eigenvalue weighted by Crippen LogP contribution is 2.33. The molecule has 0 radical (unpaired) electrons. The van der Waals surface area contributed by atoms with Crippen LogP contribution in [-0.4, -0.2) is 14.5 Å². The second-order valence-corrected chi connectivity index (χ2v) is 8.18. The van der Waals surface area contributed by atoms with Gasteiger partial charge in [-0.25, -0.2) is 0 Å². The van der Waals surface area contributed by atoms with Crippen molar-refractivity contribution >= 4 is 27.4 Å². The topological polar surface area (TPSA) is 61.0 Å². The molecule has 0 atom stereocenters. The quantitative estimate of drug-likeness (QED) is 0.211. The van der Waals surface area contributed by atoms with Gasteiger partial charge in [0.1, 0.15) is 6.20 Å². The van der Waals surface area contributed by atoms with Crippen LogP contribution in [0.3, 0.4) is 0 Å². The number of hydrogen-bond donors (Lipinski definition) is 0. The first-order valence-electron chi connectivity index (χ1n) is 11.0. The average molecular weight is 441 g/mol. The Balaban J connectivity index is 1.43. The van der Waals surface area contributed by atoms with Gasteiger partial charge < -0.3 is 4.57 Å². The Labute approximate surface area is 195 Å². The van der Waals surface area contributed by atoms with Gasteiger partial charge in [-0.1, -0.05) is 66.7 Å². The Morgan fingerprint density at radius 3 is 2.38 bits per heavy atom. The maximum absolute atomic E-state index is 11.5. The molecule has 0 bridgehead atoms. The van der Waals surface area contributed by atoms with Crippen LogP contribution < -0.4 is 0 Å². The van der Waals surface area contributed by atoms with Crippen LogP contribution in [0.5, 0.6) is 0 Å². The van der Waals surface area contributed by atoms with Crippen molar-refractivity contribution in [1.82, 2.24) is 9.55 Å². The van der Waals surface area contributed by atoms with Crippen LogP contribution in [-0.2, 0) is 0 Å². The summed E-state index contributed by atoms with van der Waals surface area (Å²) in [6.45, 7) is 0. The molecule has 0 saturated carbocycles. The smallest absolute Gasteiger partial charge is 0.295 e. The molecule has 0 aliphatic carbocycles. The van der Waals surface area contributed by atoms with E-state index in [2.05, 4.69) is 82.3 Å². The number of aromatic nitrogens is 2. The van der Waals surface area contributed by atoms with Gasteiger partial charge in [0.05, 0.1) is 16.0 Å². The molecule has 34 heavy (non-hydrogen) atoms. The SMILES string of the molecule is O=[N+]([O-])c1cnccc1-c1ccc2ccn(-c3ccc(-c4cccc5ccccc45)cc3)c2c1. The third-order valence-corrected chi connectivity index (χ3v) is 6.25. The summed E-state index contributed by atoms with van der Waals surface area (Å²) < 4.78 is 2.11. The summed E-state index contributed by atoms with van der Waals surface area (Å²) in [6.07, 6.45) is 4.91. The lowest BCUT2D eigenvalue weighted by Gasteiger charge is -2.10. The van der Waals surface area contributed by atoms with E-state index in [-0.39, 0.29) is 5.69 Å². The van der Waals surface area contributed by atoms with Gasteiger partial charge in [0.2, 0.25) is 0 Å². The first-order chi connectivity index (χ1) is 16.7. The van der Waals surface area contributed by atoms with Gasteiger partial charge in [0.15, 0.2) is 0 Å². The van der Waals surface area contributed by atoms with Crippen LogP contribution >= 0.6 is 0 Å². The first-order valence-corrected chi connectivity index (χ1v) is 11.0. The van der Waals surface area contributed by atoms with Gasteiger partial charge in [-0.05, 0) is 63.2 Å². The highest BCUT2D eigenvalue weighted by atomic mass is 16.6. The third kappa shape index (κ3) is 3.31. The average Bonchev–Trinajstić information content (AvgIpc) is 3.32. The van der Waals surface area contributed by atoms with Gasteiger partial charge in [-0.15, -0.1) is 0 Å². The van der Waals surface area contributed by atoms with Crippen molar-refractivity contribution in [3.05, 3.63) is 126 Å². The van der Waals surface area contributed by atoms with E-state index in [4.69, 9.17) is 0 Å². The summed E-state index contributed by atoms with van der Waals surface area (Å²) in [7, 11) is 0. The van der Waals surface area contributed by atoms with E-state index in [1.54, 1.807) is 12.3 Å². The number of nitro groups is 1. The number of benzene rings is 4. The largest absolute Gasteiger partial charge is 0.317 e. The van der Waals surface area contributed by atoms with Gasteiger partial charge >= 0.3 is 0 Å². The van der Waals surface area contributed by atoms with Crippen LogP contribution in [0.4, 0.5) is 5.69 Å². The van der Waals surface area contributed by atoms with Crippen LogP contribution in [0.25, 0.3) is 49.6 Å². The zero-order chi connectivity index (χ0) is 23.1. The van der Waals surface area contributed by atoms with Crippen molar-refractivity contribution in [3.8, 4) is 27.9 Å². The standard InChI is InChI=1S/C29H19N3O2/c33-32(34)29-19-30-16-14-27(29)23-9-8-22-15-17-31(28(22)18-23)24-12-10-21(11-13-24)26-7-3-5-20-4-1-2-6-25(20)26/h1-19H. The summed E-state index contributed by atoms with van der Waals surface area (Å²) in [5.41, 5.74) is 5.72. The maximum Gasteiger partial charge on any atom is 0.295 e. The Morgan fingerprint density at radius 2 is 1.53 bits per heavy atom. The molecule has 0 aliphatic rings. The summed E-state index contributed by atoms with van der Waals surface area (Å²) in [5.74, 6) is 0. The molecule has 5 heteroatoms. The van der Waals surface area contributed by atoms with Crippen LogP contribution in [0, 0.1) is 10.1 Å². The molecule has 0 fully saturated rings. The molecule has 0 aliphatic heterocycles. The summed E-state index contributed by atoms with van der Waals surface area (Å²) in [5, 5.41) is 15.0. The molecule has 4 aromatic carbocycles. The molecular formula is C29H19N3O2. The van der Waals surface area contributed by atoms with E-state index in [9.17, 15) is 10.1 Å². The zero-order valence-corrected chi connectivity index (χ0v) is 18.1. The molecule has 6 rings (SSSR count). The predicted octanol–water partition coefficient (Wildman–Crippen LogP) is 7.42. The third-order valence-electron chi connectivity index (χ3n) is 6.25. The second-order valence-electron chi connectivity index (χ2n) is 8.18.